The molecular weight excluding hydrogens is 407 g/mol. The fourth-order valence-corrected chi connectivity index (χ4v) is 3.02. The molecule has 0 saturated heterocycles. The third-order valence-electron chi connectivity index (χ3n) is 5.01. The first-order valence-electron chi connectivity index (χ1n) is 9.13. The number of H-pyrrole nitrogens is 1. The zero-order chi connectivity index (χ0) is 22.2. The quantitative estimate of drug-likeness (QED) is 0.548. The summed E-state index contributed by atoms with van der Waals surface area (Å²) in [4.78, 5) is 6.61. The van der Waals surface area contributed by atoms with Gasteiger partial charge in [0.1, 0.15) is 5.82 Å². The number of nitrogens with one attached hydrogen (secondary N) is 1. The molecule has 2 aromatic heterocycles. The number of imidazole rings is 1. The van der Waals surface area contributed by atoms with Gasteiger partial charge in [0.2, 0.25) is 0 Å². The van der Waals surface area contributed by atoms with E-state index in [2.05, 4.69) is 15.1 Å². The normalized spacial score (nSPS) is 14.8. The van der Waals surface area contributed by atoms with E-state index in [9.17, 15) is 27.1 Å². The van der Waals surface area contributed by atoms with Crippen molar-refractivity contribution in [2.24, 2.45) is 5.41 Å². The Morgan fingerprint density at radius 1 is 1.10 bits per heavy atom. The Bertz CT molecular complexity index is 964. The molecule has 10 heteroatoms. The van der Waals surface area contributed by atoms with Gasteiger partial charge in [0.05, 0.1) is 16.8 Å². The molecule has 0 aliphatic heterocycles. The molecule has 0 amide bonds. The molecule has 0 bridgehead atoms. The van der Waals surface area contributed by atoms with Crippen LogP contribution in [0.2, 0.25) is 0 Å². The Morgan fingerprint density at radius 2 is 1.77 bits per heavy atom. The second kappa shape index (κ2) is 7.82. The second-order valence-corrected chi connectivity index (χ2v) is 7.80. The number of alkyl halides is 5. The number of aromatic nitrogens is 4. The summed E-state index contributed by atoms with van der Waals surface area (Å²) in [6, 6.07) is 7.50. The lowest BCUT2D eigenvalue weighted by Crippen LogP contribution is -2.37. The third kappa shape index (κ3) is 4.38. The molecule has 162 valence electrons. The smallest absolute Gasteiger partial charge is 0.379 e. The fourth-order valence-electron chi connectivity index (χ4n) is 3.02. The number of benzene rings is 1. The van der Waals surface area contributed by atoms with Crippen LogP contribution in [0, 0.1) is 5.41 Å². The lowest BCUT2D eigenvalue weighted by molar-refractivity contribution is -0.211. The van der Waals surface area contributed by atoms with Gasteiger partial charge in [-0.25, -0.2) is 18.4 Å². The predicted molar refractivity (Wildman–Crippen MR) is 99.3 cm³/mol. The van der Waals surface area contributed by atoms with Crippen molar-refractivity contribution in [1.29, 1.82) is 0 Å². The van der Waals surface area contributed by atoms with Crippen molar-refractivity contribution >= 4 is 0 Å². The number of halogens is 5. The Hall–Kier alpha value is -2.75. The first-order chi connectivity index (χ1) is 13.9. The van der Waals surface area contributed by atoms with E-state index < -0.39 is 36.5 Å². The maximum atomic E-state index is 13.8. The summed E-state index contributed by atoms with van der Waals surface area (Å²) in [6.45, 7) is 2.08. The van der Waals surface area contributed by atoms with Crippen molar-refractivity contribution < 1.29 is 27.1 Å². The van der Waals surface area contributed by atoms with Gasteiger partial charge in [-0.2, -0.15) is 18.3 Å². The van der Waals surface area contributed by atoms with Gasteiger partial charge in [-0.3, -0.25) is 0 Å². The molecule has 3 rings (SSSR count). The zero-order valence-electron chi connectivity index (χ0n) is 16.3. The van der Waals surface area contributed by atoms with Crippen LogP contribution in [0.4, 0.5) is 22.0 Å². The summed E-state index contributed by atoms with van der Waals surface area (Å²) >= 11 is 0. The van der Waals surface area contributed by atoms with Crippen LogP contribution < -0.4 is 0 Å². The SMILES string of the molecule is CC(C)(Cc1c[nH]c(CC(O)(c2ccc(-n3cccn3)cc2)C(F)F)n1)C(F)(F)F. The van der Waals surface area contributed by atoms with Gasteiger partial charge in [0.25, 0.3) is 6.43 Å². The van der Waals surface area contributed by atoms with Crippen molar-refractivity contribution in [1.82, 2.24) is 19.7 Å². The van der Waals surface area contributed by atoms with E-state index >= 15 is 0 Å². The Morgan fingerprint density at radius 3 is 2.30 bits per heavy atom. The molecule has 0 fully saturated rings. The van der Waals surface area contributed by atoms with Crippen molar-refractivity contribution in [2.75, 3.05) is 0 Å². The Balaban J connectivity index is 1.81. The molecule has 0 spiro atoms. The molecule has 1 aromatic carbocycles. The highest BCUT2D eigenvalue weighted by Gasteiger charge is 2.47. The van der Waals surface area contributed by atoms with E-state index in [-0.39, 0.29) is 17.1 Å². The molecule has 3 aromatic rings. The summed E-state index contributed by atoms with van der Waals surface area (Å²) < 4.78 is 68.4. The van der Waals surface area contributed by atoms with Crippen molar-refractivity contribution in [3.63, 3.8) is 0 Å². The maximum Gasteiger partial charge on any atom is 0.394 e. The number of nitrogens with zero attached hydrogens (tertiary/aromatic N) is 3. The molecule has 0 saturated carbocycles. The molecule has 2 N–H and O–H groups in total. The minimum atomic E-state index is -4.44. The maximum absolute atomic E-state index is 13.8. The number of rotatable bonds is 7. The monoisotopic (exact) mass is 428 g/mol. The average Bonchev–Trinajstić information content (AvgIpc) is 3.32. The van der Waals surface area contributed by atoms with E-state index in [4.69, 9.17) is 0 Å². The molecule has 2 heterocycles. The van der Waals surface area contributed by atoms with Crippen molar-refractivity contribution in [3.05, 3.63) is 66.0 Å². The Labute approximate surface area is 169 Å². The van der Waals surface area contributed by atoms with E-state index in [1.165, 1.54) is 35.1 Å². The molecule has 0 aliphatic rings. The van der Waals surface area contributed by atoms with E-state index in [1.54, 1.807) is 18.5 Å². The fraction of sp³-hybridized carbons (Fsp3) is 0.400. The highest BCUT2D eigenvalue weighted by molar-refractivity contribution is 5.36. The summed E-state index contributed by atoms with van der Waals surface area (Å²) in [7, 11) is 0. The first kappa shape index (κ1) is 21.9. The molecule has 0 radical (unpaired) electrons. The van der Waals surface area contributed by atoms with Gasteiger partial charge in [-0.15, -0.1) is 0 Å². The summed E-state index contributed by atoms with van der Waals surface area (Å²) in [5.74, 6) is -0.0260. The van der Waals surface area contributed by atoms with E-state index in [0.717, 1.165) is 13.8 Å². The van der Waals surface area contributed by atoms with Crippen molar-refractivity contribution in [2.45, 2.75) is 44.9 Å². The van der Waals surface area contributed by atoms with Gasteiger partial charge in [-0.05, 0) is 23.8 Å². The van der Waals surface area contributed by atoms with E-state index in [0.29, 0.717) is 5.69 Å². The molecule has 1 atom stereocenters. The van der Waals surface area contributed by atoms with Crippen molar-refractivity contribution in [3.8, 4) is 5.69 Å². The Kier molecular flexibility index (Phi) is 5.72. The predicted octanol–water partition coefficient (Wildman–Crippen LogP) is 4.42. The summed E-state index contributed by atoms with van der Waals surface area (Å²) in [5.41, 5.74) is -3.92. The minimum Gasteiger partial charge on any atom is -0.379 e. The lowest BCUT2D eigenvalue weighted by Gasteiger charge is -2.27. The molecule has 1 unspecified atom stereocenters. The van der Waals surface area contributed by atoms with Crippen LogP contribution in [-0.4, -0.2) is 37.5 Å². The number of aliphatic hydroxyl groups is 1. The van der Waals surface area contributed by atoms with Crippen LogP contribution >= 0.6 is 0 Å². The topological polar surface area (TPSA) is 66.7 Å². The highest BCUT2D eigenvalue weighted by atomic mass is 19.4. The first-order valence-corrected chi connectivity index (χ1v) is 9.13. The number of aromatic amines is 1. The standard InChI is InChI=1S/C20H21F5N4O/c1-18(2,20(23,24)25)10-14-12-26-16(28-14)11-19(30,17(21)22)13-4-6-15(7-5-13)29-9-3-8-27-29/h3-9,12,17,30H,10-11H2,1-2H3,(H,26,28). The van der Waals surface area contributed by atoms with Crippen LogP contribution in [0.1, 0.15) is 30.9 Å². The minimum absolute atomic E-state index is 0.0260. The van der Waals surface area contributed by atoms with Crippen LogP contribution in [0.15, 0.2) is 48.9 Å². The van der Waals surface area contributed by atoms with Gasteiger partial charge in [0, 0.05) is 31.4 Å². The second-order valence-electron chi connectivity index (χ2n) is 7.80. The molecule has 5 nitrogen and oxygen atoms in total. The number of hydrogen-bond acceptors (Lipinski definition) is 3. The van der Waals surface area contributed by atoms with Gasteiger partial charge in [-0.1, -0.05) is 26.0 Å². The highest BCUT2D eigenvalue weighted by Crippen LogP contribution is 2.40. The van der Waals surface area contributed by atoms with Crippen LogP contribution in [0.3, 0.4) is 0 Å². The van der Waals surface area contributed by atoms with E-state index in [1.807, 2.05) is 0 Å². The molecule has 30 heavy (non-hydrogen) atoms. The molecule has 0 aliphatic carbocycles. The average molecular weight is 428 g/mol. The molecular formula is C20H21F5N4O. The zero-order valence-corrected chi connectivity index (χ0v) is 16.3. The summed E-state index contributed by atoms with van der Waals surface area (Å²) in [5, 5.41) is 14.7. The number of hydrogen-bond donors (Lipinski definition) is 2. The largest absolute Gasteiger partial charge is 0.394 e. The van der Waals surface area contributed by atoms with Gasteiger partial charge in [0.15, 0.2) is 5.60 Å². The lowest BCUT2D eigenvalue weighted by atomic mass is 9.87. The third-order valence-corrected chi connectivity index (χ3v) is 5.01. The van der Waals surface area contributed by atoms with Crippen LogP contribution in [0.5, 0.6) is 0 Å². The van der Waals surface area contributed by atoms with Gasteiger partial charge >= 0.3 is 6.18 Å². The van der Waals surface area contributed by atoms with Crippen LogP contribution in [0.25, 0.3) is 5.69 Å². The van der Waals surface area contributed by atoms with Crippen LogP contribution in [-0.2, 0) is 18.4 Å². The van der Waals surface area contributed by atoms with Gasteiger partial charge < -0.3 is 10.1 Å². The summed E-state index contributed by atoms with van der Waals surface area (Å²) in [6.07, 6.45) is -4.09.